The van der Waals surface area contributed by atoms with Crippen molar-refractivity contribution in [3.63, 3.8) is 0 Å². The predicted molar refractivity (Wildman–Crippen MR) is 88.4 cm³/mol. The zero-order valence-electron chi connectivity index (χ0n) is 13.6. The molecule has 1 aromatic carbocycles. The molecule has 2 rings (SSSR count). The van der Waals surface area contributed by atoms with E-state index in [2.05, 4.69) is 10.3 Å². The van der Waals surface area contributed by atoms with E-state index in [0.717, 1.165) is 11.6 Å². The van der Waals surface area contributed by atoms with Gasteiger partial charge in [0.15, 0.2) is 0 Å². The topological polar surface area (TPSA) is 94.0 Å². The summed E-state index contributed by atoms with van der Waals surface area (Å²) in [6.45, 7) is 1.92. The molecule has 0 unspecified atom stereocenters. The van der Waals surface area contributed by atoms with Crippen molar-refractivity contribution in [2.45, 2.75) is 32.1 Å². The maximum atomic E-state index is 13.0. The molecule has 5 N–H and O–H groups in total. The van der Waals surface area contributed by atoms with E-state index in [0.29, 0.717) is 11.5 Å². The average molecular weight is 352 g/mol. The first-order valence-electron chi connectivity index (χ1n) is 7.59. The molecule has 1 amide bonds. The van der Waals surface area contributed by atoms with Gasteiger partial charge in [-0.2, -0.15) is 13.2 Å². The third kappa shape index (κ3) is 4.93. The van der Waals surface area contributed by atoms with Crippen LogP contribution in [0.15, 0.2) is 36.4 Å². The molecule has 5 nitrogen and oxygen atoms in total. The zero-order valence-corrected chi connectivity index (χ0v) is 13.6. The molecule has 25 heavy (non-hydrogen) atoms. The molecule has 0 spiro atoms. The fourth-order valence-electron chi connectivity index (χ4n) is 2.41. The highest BCUT2D eigenvalue weighted by Gasteiger charge is 2.33. The van der Waals surface area contributed by atoms with Crippen LogP contribution in [0.3, 0.4) is 0 Å². The van der Waals surface area contributed by atoms with Gasteiger partial charge in [-0.25, -0.2) is 4.98 Å². The van der Waals surface area contributed by atoms with Gasteiger partial charge in [0.25, 0.3) is 0 Å². The van der Waals surface area contributed by atoms with Gasteiger partial charge in [-0.05, 0) is 36.6 Å². The Morgan fingerprint density at radius 3 is 2.52 bits per heavy atom. The van der Waals surface area contributed by atoms with E-state index in [9.17, 15) is 18.0 Å². The smallest absolute Gasteiger partial charge is 0.384 e. The van der Waals surface area contributed by atoms with E-state index in [4.69, 9.17) is 11.5 Å². The highest BCUT2D eigenvalue weighted by Crippen LogP contribution is 2.32. The number of aromatic nitrogens is 1. The number of amides is 1. The van der Waals surface area contributed by atoms with Crippen LogP contribution < -0.4 is 16.8 Å². The number of rotatable bonds is 5. The number of anilines is 1. The van der Waals surface area contributed by atoms with Crippen molar-refractivity contribution in [1.29, 1.82) is 0 Å². The summed E-state index contributed by atoms with van der Waals surface area (Å²) in [5.74, 6) is -0.166. The number of carbonyl (C=O) groups excluding carboxylic acids is 1. The number of pyridine rings is 1. The minimum absolute atomic E-state index is 0.0111. The zero-order chi connectivity index (χ0) is 18.6. The van der Waals surface area contributed by atoms with Crippen molar-refractivity contribution < 1.29 is 18.0 Å². The summed E-state index contributed by atoms with van der Waals surface area (Å²) in [7, 11) is 0. The third-order valence-corrected chi connectivity index (χ3v) is 3.77. The van der Waals surface area contributed by atoms with Crippen molar-refractivity contribution in [2.24, 2.45) is 5.73 Å². The van der Waals surface area contributed by atoms with Crippen LogP contribution in [0.5, 0.6) is 0 Å². The van der Waals surface area contributed by atoms with E-state index < -0.39 is 23.7 Å². The monoisotopic (exact) mass is 352 g/mol. The molecule has 0 aliphatic heterocycles. The molecular weight excluding hydrogens is 333 g/mol. The first-order chi connectivity index (χ1) is 11.7. The number of nitrogens with two attached hydrogens (primary N) is 2. The van der Waals surface area contributed by atoms with Crippen LogP contribution in [0.2, 0.25) is 0 Å². The number of alkyl halides is 3. The SMILES string of the molecule is Cc1nc(N)ccc1CNC(=O)[C@@H](N)Cc1ccccc1C(F)(F)F. The highest BCUT2D eigenvalue weighted by atomic mass is 19.4. The van der Waals surface area contributed by atoms with Crippen LogP contribution in [0.1, 0.15) is 22.4 Å². The molecule has 0 bridgehead atoms. The molecule has 0 aliphatic carbocycles. The van der Waals surface area contributed by atoms with Crippen LogP contribution in [0.25, 0.3) is 0 Å². The van der Waals surface area contributed by atoms with Crippen molar-refractivity contribution in [2.75, 3.05) is 5.73 Å². The van der Waals surface area contributed by atoms with Gasteiger partial charge in [-0.15, -0.1) is 0 Å². The van der Waals surface area contributed by atoms with E-state index in [-0.39, 0.29) is 18.5 Å². The quantitative estimate of drug-likeness (QED) is 0.769. The molecule has 0 radical (unpaired) electrons. The van der Waals surface area contributed by atoms with Gasteiger partial charge in [-0.3, -0.25) is 4.79 Å². The lowest BCUT2D eigenvalue weighted by atomic mass is 10.00. The molecule has 1 atom stereocenters. The molecule has 134 valence electrons. The van der Waals surface area contributed by atoms with Crippen molar-refractivity contribution >= 4 is 11.7 Å². The number of hydrogen-bond donors (Lipinski definition) is 3. The Hall–Kier alpha value is -2.61. The minimum atomic E-state index is -4.49. The normalized spacial score (nSPS) is 12.7. The fraction of sp³-hybridized carbons (Fsp3) is 0.294. The summed E-state index contributed by atoms with van der Waals surface area (Å²) in [5, 5.41) is 2.61. The summed E-state index contributed by atoms with van der Waals surface area (Å²) in [6, 6.07) is 7.32. The van der Waals surface area contributed by atoms with Crippen molar-refractivity contribution in [3.05, 3.63) is 58.8 Å². The molecule has 0 fully saturated rings. The van der Waals surface area contributed by atoms with Crippen LogP contribution in [0.4, 0.5) is 19.0 Å². The first-order valence-corrected chi connectivity index (χ1v) is 7.59. The van der Waals surface area contributed by atoms with Gasteiger partial charge in [0, 0.05) is 12.2 Å². The maximum Gasteiger partial charge on any atom is 0.416 e. The van der Waals surface area contributed by atoms with E-state index >= 15 is 0 Å². The second-order valence-corrected chi connectivity index (χ2v) is 5.66. The number of nitrogens with zero attached hydrogens (tertiary/aromatic N) is 1. The van der Waals surface area contributed by atoms with Crippen LogP contribution in [-0.2, 0) is 23.9 Å². The Morgan fingerprint density at radius 1 is 1.20 bits per heavy atom. The average Bonchev–Trinajstić information content (AvgIpc) is 2.53. The molecule has 1 aromatic heterocycles. The highest BCUT2D eigenvalue weighted by molar-refractivity contribution is 5.81. The van der Waals surface area contributed by atoms with Crippen LogP contribution in [0, 0.1) is 6.92 Å². The lowest BCUT2D eigenvalue weighted by molar-refractivity contribution is -0.138. The Balaban J connectivity index is 2.01. The summed E-state index contributed by atoms with van der Waals surface area (Å²) in [6.07, 6.45) is -4.69. The number of halogens is 3. The molecule has 8 heteroatoms. The largest absolute Gasteiger partial charge is 0.416 e. The number of aryl methyl sites for hydroxylation is 1. The number of benzene rings is 1. The molecule has 1 heterocycles. The van der Waals surface area contributed by atoms with Gasteiger partial charge in [0.05, 0.1) is 11.6 Å². The van der Waals surface area contributed by atoms with Gasteiger partial charge in [0.1, 0.15) is 5.82 Å². The number of nitrogens with one attached hydrogen (secondary N) is 1. The Morgan fingerprint density at radius 2 is 1.88 bits per heavy atom. The molecule has 0 aliphatic rings. The van der Waals surface area contributed by atoms with E-state index in [1.807, 2.05) is 0 Å². The Labute approximate surface area is 143 Å². The van der Waals surface area contributed by atoms with E-state index in [1.165, 1.54) is 18.2 Å². The Kier molecular flexibility index (Phi) is 5.63. The summed E-state index contributed by atoms with van der Waals surface area (Å²) < 4.78 is 39.0. The van der Waals surface area contributed by atoms with Crippen LogP contribution >= 0.6 is 0 Å². The minimum Gasteiger partial charge on any atom is -0.384 e. The predicted octanol–water partition coefficient (Wildman–Crippen LogP) is 2.18. The van der Waals surface area contributed by atoms with Gasteiger partial charge in [-0.1, -0.05) is 24.3 Å². The number of nitrogen functional groups attached to an aromatic ring is 1. The van der Waals surface area contributed by atoms with Gasteiger partial charge < -0.3 is 16.8 Å². The fourth-order valence-corrected chi connectivity index (χ4v) is 2.41. The number of carbonyl (C=O) groups is 1. The second kappa shape index (κ2) is 7.52. The maximum absolute atomic E-state index is 13.0. The third-order valence-electron chi connectivity index (χ3n) is 3.77. The molecule has 2 aromatic rings. The molecule has 0 saturated carbocycles. The van der Waals surface area contributed by atoms with Crippen molar-refractivity contribution in [1.82, 2.24) is 10.3 Å². The lowest BCUT2D eigenvalue weighted by Crippen LogP contribution is -2.42. The summed E-state index contributed by atoms with van der Waals surface area (Å²) in [4.78, 5) is 16.2. The standard InChI is InChI=1S/C17H19F3N4O/c1-10-12(6-7-15(22)24-10)9-23-16(25)14(21)8-11-4-2-3-5-13(11)17(18,19)20/h2-7,14H,8-9,21H2,1H3,(H2,22,24)(H,23,25)/t14-/m0/s1. The van der Waals surface area contributed by atoms with Crippen LogP contribution in [-0.4, -0.2) is 16.9 Å². The second-order valence-electron chi connectivity index (χ2n) is 5.66. The van der Waals surface area contributed by atoms with Crippen molar-refractivity contribution in [3.8, 4) is 0 Å². The van der Waals surface area contributed by atoms with Gasteiger partial charge in [0.2, 0.25) is 5.91 Å². The lowest BCUT2D eigenvalue weighted by Gasteiger charge is -2.16. The summed E-state index contributed by atoms with van der Waals surface area (Å²) in [5.41, 5.74) is 12.0. The Bertz CT molecular complexity index is 762. The summed E-state index contributed by atoms with van der Waals surface area (Å²) >= 11 is 0. The van der Waals surface area contributed by atoms with E-state index in [1.54, 1.807) is 19.1 Å². The van der Waals surface area contributed by atoms with Gasteiger partial charge >= 0.3 is 6.18 Å². The molecule has 0 saturated heterocycles. The first kappa shape index (κ1) is 18.7. The molecular formula is C17H19F3N4O. The number of hydrogen-bond acceptors (Lipinski definition) is 4.